The van der Waals surface area contributed by atoms with E-state index in [1.807, 2.05) is 13.8 Å². The molecule has 0 saturated heterocycles. The monoisotopic (exact) mass is 188 g/mol. The van der Waals surface area contributed by atoms with E-state index in [-0.39, 0.29) is 17.9 Å². The lowest BCUT2D eigenvalue weighted by Crippen LogP contribution is -2.42. The van der Waals surface area contributed by atoms with E-state index in [9.17, 15) is 4.79 Å². The van der Waals surface area contributed by atoms with Crippen LogP contribution < -0.4 is 11.1 Å². The van der Waals surface area contributed by atoms with Crippen molar-refractivity contribution in [3.8, 4) is 0 Å². The summed E-state index contributed by atoms with van der Waals surface area (Å²) >= 11 is 0. The SMILES string of the molecule is C[C@H](N)C(=O)NCC(C)(C)CCO. The Morgan fingerprint density at radius 3 is 2.54 bits per heavy atom. The van der Waals surface area contributed by atoms with E-state index in [1.54, 1.807) is 6.92 Å². The summed E-state index contributed by atoms with van der Waals surface area (Å²) in [6.07, 6.45) is 0.673. The van der Waals surface area contributed by atoms with Crippen LogP contribution in [0.1, 0.15) is 27.2 Å². The van der Waals surface area contributed by atoms with Crippen molar-refractivity contribution in [2.75, 3.05) is 13.2 Å². The summed E-state index contributed by atoms with van der Waals surface area (Å²) in [6.45, 7) is 6.32. The lowest BCUT2D eigenvalue weighted by Gasteiger charge is -2.24. The summed E-state index contributed by atoms with van der Waals surface area (Å²) in [7, 11) is 0. The van der Waals surface area contributed by atoms with E-state index in [4.69, 9.17) is 10.8 Å². The molecule has 0 aromatic heterocycles. The van der Waals surface area contributed by atoms with Crippen LogP contribution in [-0.4, -0.2) is 30.2 Å². The van der Waals surface area contributed by atoms with E-state index in [0.29, 0.717) is 13.0 Å². The molecule has 0 saturated carbocycles. The maximum atomic E-state index is 11.1. The molecule has 78 valence electrons. The van der Waals surface area contributed by atoms with E-state index < -0.39 is 6.04 Å². The maximum Gasteiger partial charge on any atom is 0.236 e. The lowest BCUT2D eigenvalue weighted by atomic mass is 9.90. The molecule has 0 bridgehead atoms. The minimum Gasteiger partial charge on any atom is -0.396 e. The fraction of sp³-hybridized carbons (Fsp3) is 0.889. The first-order valence-corrected chi connectivity index (χ1v) is 4.53. The average Bonchev–Trinajstić information content (AvgIpc) is 2.00. The number of aliphatic hydroxyl groups is 1. The first kappa shape index (κ1) is 12.4. The molecule has 0 aliphatic rings. The van der Waals surface area contributed by atoms with Gasteiger partial charge in [0.05, 0.1) is 6.04 Å². The van der Waals surface area contributed by atoms with Crippen LogP contribution in [0.3, 0.4) is 0 Å². The summed E-state index contributed by atoms with van der Waals surface area (Å²) in [4.78, 5) is 11.1. The lowest BCUT2D eigenvalue weighted by molar-refractivity contribution is -0.122. The topological polar surface area (TPSA) is 75.4 Å². The van der Waals surface area contributed by atoms with Crippen LogP contribution in [0.25, 0.3) is 0 Å². The third-order valence-electron chi connectivity index (χ3n) is 1.94. The van der Waals surface area contributed by atoms with Gasteiger partial charge in [-0.25, -0.2) is 0 Å². The number of nitrogens with two attached hydrogens (primary N) is 1. The molecule has 0 aromatic rings. The predicted molar refractivity (Wildman–Crippen MR) is 52.1 cm³/mol. The number of nitrogens with one attached hydrogen (secondary N) is 1. The first-order valence-electron chi connectivity index (χ1n) is 4.53. The van der Waals surface area contributed by atoms with Crippen molar-refractivity contribution in [3.05, 3.63) is 0 Å². The summed E-state index contributed by atoms with van der Waals surface area (Å²) < 4.78 is 0. The maximum absolute atomic E-state index is 11.1. The number of carbonyl (C=O) groups excluding carboxylic acids is 1. The number of aliphatic hydroxyl groups excluding tert-OH is 1. The van der Waals surface area contributed by atoms with E-state index >= 15 is 0 Å². The normalized spacial score (nSPS) is 13.9. The van der Waals surface area contributed by atoms with Gasteiger partial charge in [0.25, 0.3) is 0 Å². The fourth-order valence-electron chi connectivity index (χ4n) is 0.878. The molecule has 1 atom stereocenters. The molecule has 0 unspecified atom stereocenters. The quantitative estimate of drug-likeness (QED) is 0.562. The van der Waals surface area contributed by atoms with Gasteiger partial charge in [-0.3, -0.25) is 4.79 Å². The smallest absolute Gasteiger partial charge is 0.236 e. The van der Waals surface area contributed by atoms with Crippen molar-refractivity contribution < 1.29 is 9.90 Å². The molecule has 0 rings (SSSR count). The molecule has 0 heterocycles. The molecular weight excluding hydrogens is 168 g/mol. The van der Waals surface area contributed by atoms with Gasteiger partial charge in [0.15, 0.2) is 0 Å². The Hall–Kier alpha value is -0.610. The van der Waals surface area contributed by atoms with Gasteiger partial charge in [-0.2, -0.15) is 0 Å². The molecule has 0 fully saturated rings. The highest BCUT2D eigenvalue weighted by Gasteiger charge is 2.18. The van der Waals surface area contributed by atoms with Gasteiger partial charge in [-0.1, -0.05) is 13.8 Å². The van der Waals surface area contributed by atoms with Gasteiger partial charge < -0.3 is 16.2 Å². The van der Waals surface area contributed by atoms with Crippen LogP contribution in [-0.2, 0) is 4.79 Å². The van der Waals surface area contributed by atoms with E-state index in [0.717, 1.165) is 0 Å². The number of hydrogen-bond acceptors (Lipinski definition) is 3. The molecule has 4 nitrogen and oxygen atoms in total. The van der Waals surface area contributed by atoms with Crippen LogP contribution in [0.4, 0.5) is 0 Å². The highest BCUT2D eigenvalue weighted by Crippen LogP contribution is 2.17. The van der Waals surface area contributed by atoms with Gasteiger partial charge in [0.1, 0.15) is 0 Å². The Morgan fingerprint density at radius 1 is 1.62 bits per heavy atom. The van der Waals surface area contributed by atoms with Crippen molar-refractivity contribution in [2.45, 2.75) is 33.2 Å². The summed E-state index contributed by atoms with van der Waals surface area (Å²) in [5.41, 5.74) is 5.31. The van der Waals surface area contributed by atoms with Gasteiger partial charge >= 0.3 is 0 Å². The zero-order valence-electron chi connectivity index (χ0n) is 8.63. The number of amides is 1. The number of hydrogen-bond donors (Lipinski definition) is 3. The number of carbonyl (C=O) groups is 1. The zero-order chi connectivity index (χ0) is 10.5. The van der Waals surface area contributed by atoms with E-state index in [2.05, 4.69) is 5.32 Å². The van der Waals surface area contributed by atoms with Crippen molar-refractivity contribution in [3.63, 3.8) is 0 Å². The summed E-state index contributed by atoms with van der Waals surface area (Å²) in [6, 6.07) is -0.468. The minimum absolute atomic E-state index is 0.0701. The van der Waals surface area contributed by atoms with Gasteiger partial charge in [-0.15, -0.1) is 0 Å². The fourth-order valence-corrected chi connectivity index (χ4v) is 0.878. The molecule has 0 radical (unpaired) electrons. The van der Waals surface area contributed by atoms with Gasteiger partial charge in [0.2, 0.25) is 5.91 Å². The zero-order valence-corrected chi connectivity index (χ0v) is 8.63. The van der Waals surface area contributed by atoms with Crippen molar-refractivity contribution in [1.29, 1.82) is 0 Å². The molecular formula is C9H20N2O2. The minimum atomic E-state index is -0.468. The van der Waals surface area contributed by atoms with E-state index in [1.165, 1.54) is 0 Å². The standard InChI is InChI=1S/C9H20N2O2/c1-7(10)8(13)11-6-9(2,3)4-5-12/h7,12H,4-6,10H2,1-3H3,(H,11,13)/t7-/m0/s1. The summed E-state index contributed by atoms with van der Waals surface area (Å²) in [5, 5.41) is 11.5. The van der Waals surface area contributed by atoms with Crippen LogP contribution in [0.2, 0.25) is 0 Å². The number of rotatable bonds is 5. The van der Waals surface area contributed by atoms with Crippen molar-refractivity contribution in [2.24, 2.45) is 11.1 Å². The van der Waals surface area contributed by atoms with Gasteiger partial charge in [0, 0.05) is 13.2 Å². The second-order valence-corrected chi connectivity index (χ2v) is 4.14. The van der Waals surface area contributed by atoms with Crippen LogP contribution in [0, 0.1) is 5.41 Å². The Morgan fingerprint density at radius 2 is 2.15 bits per heavy atom. The second-order valence-electron chi connectivity index (χ2n) is 4.14. The molecule has 0 spiro atoms. The molecule has 4 heteroatoms. The van der Waals surface area contributed by atoms with Crippen molar-refractivity contribution >= 4 is 5.91 Å². The average molecular weight is 188 g/mol. The highest BCUT2D eigenvalue weighted by atomic mass is 16.3. The Labute approximate surface area is 79.5 Å². The van der Waals surface area contributed by atoms with Gasteiger partial charge in [-0.05, 0) is 18.8 Å². The molecule has 0 aliphatic heterocycles. The van der Waals surface area contributed by atoms with Crippen LogP contribution in [0.5, 0.6) is 0 Å². The molecule has 4 N–H and O–H groups in total. The third kappa shape index (κ3) is 5.60. The molecule has 13 heavy (non-hydrogen) atoms. The Kier molecular flexibility index (Phi) is 4.95. The largest absolute Gasteiger partial charge is 0.396 e. The second kappa shape index (κ2) is 5.19. The third-order valence-corrected chi connectivity index (χ3v) is 1.94. The summed E-state index contributed by atoms with van der Waals surface area (Å²) in [5.74, 6) is -0.147. The van der Waals surface area contributed by atoms with Crippen LogP contribution >= 0.6 is 0 Å². The first-order chi connectivity index (χ1) is 5.89. The molecule has 0 aromatic carbocycles. The Balaban J connectivity index is 3.80. The predicted octanol–water partition coefficient (Wildman–Crippen LogP) is -0.142. The highest BCUT2D eigenvalue weighted by molar-refractivity contribution is 5.80. The van der Waals surface area contributed by atoms with Crippen LogP contribution in [0.15, 0.2) is 0 Å². The molecule has 0 aliphatic carbocycles. The van der Waals surface area contributed by atoms with Crippen molar-refractivity contribution in [1.82, 2.24) is 5.32 Å². The Bertz CT molecular complexity index is 167. The molecule has 1 amide bonds.